The minimum Gasteiger partial charge on any atom is -0.474 e. The third kappa shape index (κ3) is 6.83. The molecule has 1 saturated carbocycles. The molecule has 24 heavy (non-hydrogen) atoms. The van der Waals surface area contributed by atoms with Crippen molar-refractivity contribution in [2.45, 2.75) is 65.1 Å². The maximum atomic E-state index is 5.89. The quantitative estimate of drug-likeness (QED) is 0.397. The molecular weight excluding hydrogens is 415 g/mol. The van der Waals surface area contributed by atoms with Gasteiger partial charge in [0, 0.05) is 31.9 Å². The third-order valence-electron chi connectivity index (χ3n) is 4.44. The number of aliphatic imine (C=N–C) groups is 1. The van der Waals surface area contributed by atoms with Gasteiger partial charge in [-0.15, -0.1) is 24.0 Å². The Bertz CT molecular complexity index is 498. The van der Waals surface area contributed by atoms with Crippen LogP contribution in [0.1, 0.15) is 52.0 Å². The Morgan fingerprint density at radius 2 is 2.00 bits per heavy atom. The number of nitrogens with zero attached hydrogens (tertiary/aromatic N) is 2. The van der Waals surface area contributed by atoms with Gasteiger partial charge in [0.05, 0.1) is 0 Å². The molecule has 0 spiro atoms. The predicted molar refractivity (Wildman–Crippen MR) is 110 cm³/mol. The molecule has 6 heteroatoms. The summed E-state index contributed by atoms with van der Waals surface area (Å²) in [5.41, 5.74) is 1.11. The maximum absolute atomic E-state index is 5.89. The molecule has 1 aromatic rings. The summed E-state index contributed by atoms with van der Waals surface area (Å²) in [6.45, 7) is 7.24. The van der Waals surface area contributed by atoms with Crippen LogP contribution in [0.3, 0.4) is 0 Å². The lowest BCUT2D eigenvalue weighted by Crippen LogP contribution is -2.43. The molecule has 1 aromatic heterocycles. The molecule has 136 valence electrons. The lowest BCUT2D eigenvalue weighted by atomic mass is 10.1. The van der Waals surface area contributed by atoms with Gasteiger partial charge in [-0.05, 0) is 44.1 Å². The SMILES string of the molecule is CN=C(NCc1ccc(OC2CCCC2)nc1)NC(C)C(C)C.I. The highest BCUT2D eigenvalue weighted by atomic mass is 127. The van der Waals surface area contributed by atoms with Crippen molar-refractivity contribution < 1.29 is 4.74 Å². The van der Waals surface area contributed by atoms with Crippen LogP contribution in [0.5, 0.6) is 5.88 Å². The zero-order valence-corrected chi connectivity index (χ0v) is 17.5. The number of aromatic nitrogens is 1. The Morgan fingerprint density at radius 3 is 2.54 bits per heavy atom. The van der Waals surface area contributed by atoms with E-state index in [-0.39, 0.29) is 24.0 Å². The predicted octanol–water partition coefficient (Wildman–Crippen LogP) is 3.73. The van der Waals surface area contributed by atoms with Crippen molar-refractivity contribution in [2.24, 2.45) is 10.9 Å². The molecule has 0 saturated heterocycles. The van der Waals surface area contributed by atoms with E-state index in [0.717, 1.165) is 30.2 Å². The van der Waals surface area contributed by atoms with Crippen molar-refractivity contribution in [1.29, 1.82) is 0 Å². The second-order valence-corrected chi connectivity index (χ2v) is 6.63. The summed E-state index contributed by atoms with van der Waals surface area (Å²) in [6, 6.07) is 4.40. The molecule has 2 N–H and O–H groups in total. The molecule has 2 rings (SSSR count). The van der Waals surface area contributed by atoms with Crippen LogP contribution in [0.4, 0.5) is 0 Å². The largest absolute Gasteiger partial charge is 0.474 e. The zero-order chi connectivity index (χ0) is 16.7. The number of pyridine rings is 1. The van der Waals surface area contributed by atoms with E-state index in [4.69, 9.17) is 4.74 Å². The summed E-state index contributed by atoms with van der Waals surface area (Å²) in [5.74, 6) is 2.11. The summed E-state index contributed by atoms with van der Waals surface area (Å²) in [7, 11) is 1.79. The molecule has 0 amide bonds. The Kier molecular flexibility index (Phi) is 9.39. The summed E-state index contributed by atoms with van der Waals surface area (Å²) in [6.07, 6.45) is 7.08. The van der Waals surface area contributed by atoms with Gasteiger partial charge in [-0.3, -0.25) is 4.99 Å². The molecule has 1 unspecified atom stereocenters. The topological polar surface area (TPSA) is 58.5 Å². The van der Waals surface area contributed by atoms with Crippen LogP contribution in [0.25, 0.3) is 0 Å². The Labute approximate surface area is 163 Å². The Balaban J connectivity index is 0.00000288. The van der Waals surface area contributed by atoms with Crippen LogP contribution >= 0.6 is 24.0 Å². The number of halogens is 1. The van der Waals surface area contributed by atoms with E-state index in [2.05, 4.69) is 47.4 Å². The number of guanidine groups is 1. The first-order valence-corrected chi connectivity index (χ1v) is 8.67. The highest BCUT2D eigenvalue weighted by Crippen LogP contribution is 2.22. The van der Waals surface area contributed by atoms with Crippen molar-refractivity contribution in [2.75, 3.05) is 7.05 Å². The average Bonchev–Trinajstić information content (AvgIpc) is 3.05. The van der Waals surface area contributed by atoms with E-state index >= 15 is 0 Å². The van der Waals surface area contributed by atoms with Gasteiger partial charge in [0.15, 0.2) is 5.96 Å². The van der Waals surface area contributed by atoms with Crippen LogP contribution in [-0.2, 0) is 6.54 Å². The molecule has 1 aliphatic rings. The number of hydrogen-bond acceptors (Lipinski definition) is 3. The van der Waals surface area contributed by atoms with E-state index in [9.17, 15) is 0 Å². The summed E-state index contributed by atoms with van der Waals surface area (Å²) < 4.78 is 5.89. The highest BCUT2D eigenvalue weighted by Gasteiger charge is 2.16. The van der Waals surface area contributed by atoms with Crippen molar-refractivity contribution in [1.82, 2.24) is 15.6 Å². The van der Waals surface area contributed by atoms with Gasteiger partial charge < -0.3 is 15.4 Å². The van der Waals surface area contributed by atoms with E-state index in [0.29, 0.717) is 24.6 Å². The molecule has 0 aliphatic heterocycles. The lowest BCUT2D eigenvalue weighted by molar-refractivity contribution is 0.201. The standard InChI is InChI=1S/C18H30N4O.HI/c1-13(2)14(3)22-18(19-4)21-12-15-9-10-17(20-11-15)23-16-7-5-6-8-16;/h9-11,13-14,16H,5-8,12H2,1-4H3,(H2,19,21,22);1H. The second-order valence-electron chi connectivity index (χ2n) is 6.63. The van der Waals surface area contributed by atoms with Gasteiger partial charge in [0.2, 0.25) is 5.88 Å². The Hall–Kier alpha value is -1.05. The van der Waals surface area contributed by atoms with Crippen molar-refractivity contribution in [3.63, 3.8) is 0 Å². The lowest BCUT2D eigenvalue weighted by Gasteiger charge is -2.20. The van der Waals surface area contributed by atoms with Crippen molar-refractivity contribution in [3.8, 4) is 5.88 Å². The van der Waals surface area contributed by atoms with Crippen LogP contribution in [0.15, 0.2) is 23.3 Å². The summed E-state index contributed by atoms with van der Waals surface area (Å²) >= 11 is 0. The second kappa shape index (κ2) is 10.7. The van der Waals surface area contributed by atoms with Crippen LogP contribution in [0, 0.1) is 5.92 Å². The summed E-state index contributed by atoms with van der Waals surface area (Å²) in [5, 5.41) is 6.71. The molecule has 1 aliphatic carbocycles. The van der Waals surface area contributed by atoms with Gasteiger partial charge >= 0.3 is 0 Å². The van der Waals surface area contributed by atoms with E-state index in [1.807, 2.05) is 12.3 Å². The minimum atomic E-state index is 0. The number of ether oxygens (including phenoxy) is 1. The normalized spacial score (nSPS) is 16.6. The molecule has 1 atom stereocenters. The number of hydrogen-bond donors (Lipinski definition) is 2. The number of nitrogens with one attached hydrogen (secondary N) is 2. The molecule has 1 heterocycles. The van der Waals surface area contributed by atoms with Crippen molar-refractivity contribution >= 4 is 29.9 Å². The van der Waals surface area contributed by atoms with E-state index in [1.54, 1.807) is 7.05 Å². The fourth-order valence-electron chi connectivity index (χ4n) is 2.52. The minimum absolute atomic E-state index is 0. The smallest absolute Gasteiger partial charge is 0.213 e. The first-order chi connectivity index (χ1) is 11.1. The van der Waals surface area contributed by atoms with Gasteiger partial charge in [0.1, 0.15) is 6.10 Å². The average molecular weight is 446 g/mol. The fraction of sp³-hybridized carbons (Fsp3) is 0.667. The number of rotatable bonds is 6. The zero-order valence-electron chi connectivity index (χ0n) is 15.2. The fourth-order valence-corrected chi connectivity index (χ4v) is 2.52. The Morgan fingerprint density at radius 1 is 1.29 bits per heavy atom. The highest BCUT2D eigenvalue weighted by molar-refractivity contribution is 14.0. The van der Waals surface area contributed by atoms with Crippen LogP contribution < -0.4 is 15.4 Å². The molecule has 0 aromatic carbocycles. The van der Waals surface area contributed by atoms with Gasteiger partial charge in [0.25, 0.3) is 0 Å². The molecule has 1 fully saturated rings. The van der Waals surface area contributed by atoms with Crippen LogP contribution in [0.2, 0.25) is 0 Å². The van der Waals surface area contributed by atoms with Gasteiger partial charge in [-0.2, -0.15) is 0 Å². The van der Waals surface area contributed by atoms with E-state index in [1.165, 1.54) is 12.8 Å². The summed E-state index contributed by atoms with van der Waals surface area (Å²) in [4.78, 5) is 8.67. The molecule has 0 radical (unpaired) electrons. The van der Waals surface area contributed by atoms with E-state index < -0.39 is 0 Å². The first kappa shape index (κ1) is 21.0. The first-order valence-electron chi connectivity index (χ1n) is 8.67. The van der Waals surface area contributed by atoms with Crippen LogP contribution in [-0.4, -0.2) is 30.1 Å². The molecule has 5 nitrogen and oxygen atoms in total. The third-order valence-corrected chi connectivity index (χ3v) is 4.44. The van der Waals surface area contributed by atoms with Gasteiger partial charge in [-0.1, -0.05) is 19.9 Å². The monoisotopic (exact) mass is 446 g/mol. The molecule has 0 bridgehead atoms. The maximum Gasteiger partial charge on any atom is 0.213 e. The van der Waals surface area contributed by atoms with Gasteiger partial charge in [-0.25, -0.2) is 4.98 Å². The van der Waals surface area contributed by atoms with Crippen molar-refractivity contribution in [3.05, 3.63) is 23.9 Å². The molecular formula is C18H31IN4O.